The molecule has 0 radical (unpaired) electrons. The maximum absolute atomic E-state index is 11.9. The summed E-state index contributed by atoms with van der Waals surface area (Å²) in [6, 6.07) is 8.32. The summed E-state index contributed by atoms with van der Waals surface area (Å²) in [5.41, 5.74) is 1.10. The van der Waals surface area contributed by atoms with Crippen molar-refractivity contribution in [1.29, 1.82) is 0 Å². The molecule has 1 saturated carbocycles. The molecule has 2 rings (SSSR count). The molecular formula is C21H35IN4O2. The standard InChI is InChI=1S/C21H34N4O2.HI/c1-5-16-6-10-18(11-7-16)24-21(23-15-20(26)25(2)3)22-14-17-8-12-19(27-4)13-9-17;/h8-9,12-13,16,18H,5-7,10-11,14-15H2,1-4H3,(H2,22,23,24);1H. The number of methoxy groups -OCH3 is 1. The highest BCUT2D eigenvalue weighted by Gasteiger charge is 2.21. The zero-order valence-electron chi connectivity index (χ0n) is 17.5. The second-order valence-electron chi connectivity index (χ2n) is 7.42. The van der Waals surface area contributed by atoms with Crippen molar-refractivity contribution in [2.24, 2.45) is 10.9 Å². The zero-order chi connectivity index (χ0) is 19.6. The van der Waals surface area contributed by atoms with Crippen molar-refractivity contribution in [3.8, 4) is 5.75 Å². The van der Waals surface area contributed by atoms with E-state index >= 15 is 0 Å². The fourth-order valence-corrected chi connectivity index (χ4v) is 3.28. The Morgan fingerprint density at radius 3 is 2.36 bits per heavy atom. The van der Waals surface area contributed by atoms with Crippen LogP contribution < -0.4 is 15.4 Å². The smallest absolute Gasteiger partial charge is 0.241 e. The van der Waals surface area contributed by atoms with Gasteiger partial charge < -0.3 is 20.3 Å². The Kier molecular flexibility index (Phi) is 11.3. The maximum Gasteiger partial charge on any atom is 0.241 e. The van der Waals surface area contributed by atoms with Crippen LogP contribution in [0.2, 0.25) is 0 Å². The number of likely N-dealkylation sites (N-methyl/N-ethyl adjacent to an activating group) is 1. The Labute approximate surface area is 186 Å². The van der Waals surface area contributed by atoms with Crippen molar-refractivity contribution in [1.82, 2.24) is 15.5 Å². The van der Waals surface area contributed by atoms with Crippen LogP contribution >= 0.6 is 24.0 Å². The van der Waals surface area contributed by atoms with Crippen molar-refractivity contribution in [3.63, 3.8) is 0 Å². The highest BCUT2D eigenvalue weighted by atomic mass is 127. The van der Waals surface area contributed by atoms with E-state index < -0.39 is 0 Å². The summed E-state index contributed by atoms with van der Waals surface area (Å²) in [6.07, 6.45) is 6.10. The van der Waals surface area contributed by atoms with Gasteiger partial charge in [0.2, 0.25) is 5.91 Å². The number of aliphatic imine (C=N–C) groups is 1. The summed E-state index contributed by atoms with van der Waals surface area (Å²) in [7, 11) is 5.18. The predicted molar refractivity (Wildman–Crippen MR) is 125 cm³/mol. The van der Waals surface area contributed by atoms with Gasteiger partial charge in [0, 0.05) is 20.1 Å². The fourth-order valence-electron chi connectivity index (χ4n) is 3.28. The highest BCUT2D eigenvalue weighted by molar-refractivity contribution is 14.0. The minimum atomic E-state index is 0. The summed E-state index contributed by atoms with van der Waals surface area (Å²) in [6.45, 7) is 3.07. The molecule has 0 bridgehead atoms. The van der Waals surface area contributed by atoms with E-state index in [2.05, 4.69) is 17.6 Å². The molecule has 0 aromatic heterocycles. The second kappa shape index (κ2) is 12.9. The van der Waals surface area contributed by atoms with Gasteiger partial charge in [-0.05, 0) is 49.3 Å². The number of carbonyl (C=O) groups excluding carboxylic acids is 1. The van der Waals surface area contributed by atoms with Crippen LogP contribution in [0, 0.1) is 5.92 Å². The van der Waals surface area contributed by atoms with Crippen LogP contribution in [0.5, 0.6) is 5.75 Å². The first-order valence-corrected chi connectivity index (χ1v) is 9.89. The molecule has 0 spiro atoms. The topological polar surface area (TPSA) is 66.0 Å². The Morgan fingerprint density at radius 1 is 1.18 bits per heavy atom. The summed E-state index contributed by atoms with van der Waals surface area (Å²) < 4.78 is 5.20. The largest absolute Gasteiger partial charge is 0.497 e. The molecule has 2 N–H and O–H groups in total. The third kappa shape index (κ3) is 8.24. The number of nitrogens with zero attached hydrogens (tertiary/aromatic N) is 2. The minimum absolute atomic E-state index is 0. The SMILES string of the molecule is CCC1CCC(NC(=NCc2ccc(OC)cc2)NCC(=O)N(C)C)CC1.I. The lowest BCUT2D eigenvalue weighted by atomic mass is 9.84. The minimum Gasteiger partial charge on any atom is -0.497 e. The van der Waals surface area contributed by atoms with E-state index in [1.54, 1.807) is 26.1 Å². The van der Waals surface area contributed by atoms with Crippen LogP contribution in [0.15, 0.2) is 29.3 Å². The third-order valence-corrected chi connectivity index (χ3v) is 5.25. The van der Waals surface area contributed by atoms with Crippen LogP contribution in [-0.2, 0) is 11.3 Å². The van der Waals surface area contributed by atoms with Crippen molar-refractivity contribution < 1.29 is 9.53 Å². The van der Waals surface area contributed by atoms with Gasteiger partial charge in [0.05, 0.1) is 20.2 Å². The average molecular weight is 502 g/mol. The van der Waals surface area contributed by atoms with Crippen molar-refractivity contribution in [3.05, 3.63) is 29.8 Å². The molecule has 7 heteroatoms. The number of guanidine groups is 1. The molecule has 1 aromatic carbocycles. The summed E-state index contributed by atoms with van der Waals surface area (Å²) in [5.74, 6) is 2.43. The number of carbonyl (C=O) groups is 1. The van der Waals surface area contributed by atoms with Crippen molar-refractivity contribution >= 4 is 35.8 Å². The van der Waals surface area contributed by atoms with E-state index in [4.69, 9.17) is 9.73 Å². The molecule has 0 heterocycles. The molecule has 1 amide bonds. The molecule has 1 fully saturated rings. The van der Waals surface area contributed by atoms with E-state index in [-0.39, 0.29) is 36.4 Å². The monoisotopic (exact) mass is 502 g/mol. The molecule has 1 aromatic rings. The van der Waals surface area contributed by atoms with Gasteiger partial charge in [-0.3, -0.25) is 4.79 Å². The number of rotatable bonds is 7. The molecular weight excluding hydrogens is 467 g/mol. The molecule has 1 aliphatic rings. The number of ether oxygens (including phenoxy) is 1. The van der Waals surface area contributed by atoms with Crippen LogP contribution in [0.25, 0.3) is 0 Å². The van der Waals surface area contributed by atoms with Gasteiger partial charge in [-0.15, -0.1) is 24.0 Å². The van der Waals surface area contributed by atoms with Gasteiger partial charge in [0.25, 0.3) is 0 Å². The summed E-state index contributed by atoms with van der Waals surface area (Å²) in [5, 5.41) is 6.72. The van der Waals surface area contributed by atoms with Crippen LogP contribution in [-0.4, -0.2) is 50.6 Å². The van der Waals surface area contributed by atoms with E-state index in [0.717, 1.165) is 30.1 Å². The van der Waals surface area contributed by atoms with E-state index in [9.17, 15) is 4.79 Å². The molecule has 158 valence electrons. The Hall–Kier alpha value is -1.51. The number of nitrogens with one attached hydrogen (secondary N) is 2. The van der Waals surface area contributed by atoms with Gasteiger partial charge >= 0.3 is 0 Å². The lowest BCUT2D eigenvalue weighted by Gasteiger charge is -2.29. The summed E-state index contributed by atoms with van der Waals surface area (Å²) in [4.78, 5) is 18.2. The summed E-state index contributed by atoms with van der Waals surface area (Å²) >= 11 is 0. The number of hydrogen-bond acceptors (Lipinski definition) is 3. The molecule has 1 aliphatic carbocycles. The van der Waals surface area contributed by atoms with Crippen LogP contribution in [0.1, 0.15) is 44.6 Å². The molecule has 0 saturated heterocycles. The number of hydrogen-bond donors (Lipinski definition) is 2. The average Bonchev–Trinajstić information content (AvgIpc) is 2.70. The number of halogens is 1. The highest BCUT2D eigenvalue weighted by Crippen LogP contribution is 2.26. The normalized spacial score (nSPS) is 19.4. The maximum atomic E-state index is 11.9. The zero-order valence-corrected chi connectivity index (χ0v) is 19.9. The lowest BCUT2D eigenvalue weighted by molar-refractivity contribution is -0.127. The van der Waals surface area contributed by atoms with Gasteiger partial charge in [0.1, 0.15) is 5.75 Å². The molecule has 28 heavy (non-hydrogen) atoms. The van der Waals surface area contributed by atoms with E-state index in [1.165, 1.54) is 19.3 Å². The Morgan fingerprint density at radius 2 is 1.82 bits per heavy atom. The predicted octanol–water partition coefficient (Wildman–Crippen LogP) is 3.41. The van der Waals surface area contributed by atoms with Crippen LogP contribution in [0.4, 0.5) is 0 Å². The number of benzene rings is 1. The lowest BCUT2D eigenvalue weighted by Crippen LogP contribution is -2.47. The van der Waals surface area contributed by atoms with E-state index in [1.807, 2.05) is 24.3 Å². The van der Waals surface area contributed by atoms with Gasteiger partial charge in [0.15, 0.2) is 5.96 Å². The number of amides is 1. The van der Waals surface area contributed by atoms with Gasteiger partial charge in [-0.2, -0.15) is 0 Å². The van der Waals surface area contributed by atoms with Gasteiger partial charge in [-0.25, -0.2) is 4.99 Å². The van der Waals surface area contributed by atoms with Crippen LogP contribution in [0.3, 0.4) is 0 Å². The van der Waals surface area contributed by atoms with Crippen molar-refractivity contribution in [2.75, 3.05) is 27.7 Å². The second-order valence-corrected chi connectivity index (χ2v) is 7.42. The van der Waals surface area contributed by atoms with Gasteiger partial charge in [-0.1, -0.05) is 25.5 Å². The first kappa shape index (κ1) is 24.5. The molecule has 0 unspecified atom stereocenters. The first-order chi connectivity index (χ1) is 13.0. The Bertz CT molecular complexity index is 611. The molecule has 6 nitrogen and oxygen atoms in total. The fraction of sp³-hybridized carbons (Fsp3) is 0.619. The van der Waals surface area contributed by atoms with Crippen molar-refractivity contribution in [2.45, 2.75) is 51.6 Å². The first-order valence-electron chi connectivity index (χ1n) is 9.89. The quantitative estimate of drug-likeness (QED) is 0.341. The molecule has 0 atom stereocenters. The third-order valence-electron chi connectivity index (χ3n) is 5.25. The molecule has 0 aliphatic heterocycles. The Balaban J connectivity index is 0.00000392. The van der Waals surface area contributed by atoms with E-state index in [0.29, 0.717) is 18.5 Å².